The minimum Gasteiger partial charge on any atom is -0.481 e. The third-order valence-electron chi connectivity index (χ3n) is 1.42. The van der Waals surface area contributed by atoms with Crippen molar-refractivity contribution in [2.45, 2.75) is 6.42 Å². The molecule has 0 aromatic carbocycles. The van der Waals surface area contributed by atoms with Crippen LogP contribution < -0.4 is 0 Å². The highest BCUT2D eigenvalue weighted by molar-refractivity contribution is 5.85. The molecule has 1 aromatic rings. The van der Waals surface area contributed by atoms with Gasteiger partial charge >= 0.3 is 11.9 Å². The van der Waals surface area contributed by atoms with Gasteiger partial charge in [-0.1, -0.05) is 12.0 Å². The van der Waals surface area contributed by atoms with E-state index in [2.05, 4.69) is 16.8 Å². The molecule has 0 saturated heterocycles. The summed E-state index contributed by atoms with van der Waals surface area (Å²) in [6.07, 6.45) is -0.293. The fourth-order valence-electron chi connectivity index (χ4n) is 0.834. The second-order valence-corrected chi connectivity index (χ2v) is 2.59. The zero-order chi connectivity index (χ0) is 11.3. The maximum Gasteiger partial charge on any atom is 0.354 e. The van der Waals surface area contributed by atoms with Crippen LogP contribution in [-0.4, -0.2) is 27.1 Å². The quantitative estimate of drug-likeness (QED) is 0.690. The van der Waals surface area contributed by atoms with Gasteiger partial charge in [0.1, 0.15) is 17.8 Å². The Morgan fingerprint density at radius 1 is 1.33 bits per heavy atom. The molecule has 0 bridgehead atoms. The topological polar surface area (TPSA) is 87.5 Å². The first-order valence-electron chi connectivity index (χ1n) is 4.00. The van der Waals surface area contributed by atoms with Gasteiger partial charge < -0.3 is 10.2 Å². The SMILES string of the molecule is O=C(O)CC#Cc1cccc(C(=O)O)n1. The summed E-state index contributed by atoms with van der Waals surface area (Å²) in [4.78, 5) is 24.4. The van der Waals surface area contributed by atoms with Crippen LogP contribution in [0.2, 0.25) is 0 Å². The normalized spacial score (nSPS) is 8.80. The van der Waals surface area contributed by atoms with Crippen LogP contribution in [-0.2, 0) is 4.79 Å². The molecule has 0 aliphatic heterocycles. The Hall–Kier alpha value is -2.35. The predicted molar refractivity (Wildman–Crippen MR) is 50.3 cm³/mol. The number of aromatic nitrogens is 1. The predicted octanol–water partition coefficient (Wildman–Crippen LogP) is 0.606. The molecule has 2 N–H and O–H groups in total. The summed E-state index contributed by atoms with van der Waals surface area (Å²) in [5.74, 6) is 2.66. The maximum atomic E-state index is 10.5. The number of carboxylic acid groups (broad SMARTS) is 2. The van der Waals surface area contributed by atoms with E-state index in [1.54, 1.807) is 0 Å². The van der Waals surface area contributed by atoms with Crippen molar-refractivity contribution in [1.82, 2.24) is 4.98 Å². The first-order chi connectivity index (χ1) is 7.09. The van der Waals surface area contributed by atoms with Crippen LogP contribution >= 0.6 is 0 Å². The first kappa shape index (κ1) is 10.7. The van der Waals surface area contributed by atoms with Gasteiger partial charge in [-0.05, 0) is 18.1 Å². The number of rotatable bonds is 2. The van der Waals surface area contributed by atoms with E-state index in [1.165, 1.54) is 18.2 Å². The van der Waals surface area contributed by atoms with Gasteiger partial charge in [0.2, 0.25) is 0 Å². The van der Waals surface area contributed by atoms with Crippen molar-refractivity contribution < 1.29 is 19.8 Å². The highest BCUT2D eigenvalue weighted by atomic mass is 16.4. The lowest BCUT2D eigenvalue weighted by Crippen LogP contribution is -2.00. The van der Waals surface area contributed by atoms with Gasteiger partial charge in [0, 0.05) is 0 Å². The molecule has 0 aliphatic rings. The van der Waals surface area contributed by atoms with Crippen molar-refractivity contribution in [2.24, 2.45) is 0 Å². The summed E-state index contributed by atoms with van der Waals surface area (Å²) in [5, 5.41) is 16.9. The van der Waals surface area contributed by atoms with Gasteiger partial charge in [0.25, 0.3) is 0 Å². The van der Waals surface area contributed by atoms with Crippen LogP contribution in [0.5, 0.6) is 0 Å². The molecule has 0 fully saturated rings. The Morgan fingerprint density at radius 2 is 2.07 bits per heavy atom. The Bertz CT molecular complexity index is 456. The number of hydrogen-bond donors (Lipinski definition) is 2. The summed E-state index contributed by atoms with van der Waals surface area (Å²) in [7, 11) is 0. The van der Waals surface area contributed by atoms with E-state index in [9.17, 15) is 9.59 Å². The summed E-state index contributed by atoms with van der Waals surface area (Å²) >= 11 is 0. The van der Waals surface area contributed by atoms with E-state index < -0.39 is 11.9 Å². The lowest BCUT2D eigenvalue weighted by Gasteiger charge is -1.93. The molecule has 5 nitrogen and oxygen atoms in total. The molecule has 0 atom stereocenters. The van der Waals surface area contributed by atoms with Crippen LogP contribution in [0.3, 0.4) is 0 Å². The molecule has 1 aromatic heterocycles. The fourth-order valence-corrected chi connectivity index (χ4v) is 0.834. The second kappa shape index (κ2) is 4.77. The highest BCUT2D eigenvalue weighted by Gasteiger charge is 2.03. The number of carbonyl (C=O) groups is 2. The Kier molecular flexibility index (Phi) is 3.41. The average molecular weight is 205 g/mol. The van der Waals surface area contributed by atoms with Crippen LogP contribution in [0.1, 0.15) is 22.6 Å². The van der Waals surface area contributed by atoms with Crippen LogP contribution in [0, 0.1) is 11.8 Å². The number of carboxylic acids is 2. The molecular formula is C10H7NO4. The lowest BCUT2D eigenvalue weighted by atomic mass is 10.3. The lowest BCUT2D eigenvalue weighted by molar-refractivity contribution is -0.135. The molecular weight excluding hydrogens is 198 g/mol. The van der Waals surface area contributed by atoms with Crippen LogP contribution in [0.4, 0.5) is 0 Å². The molecule has 76 valence electrons. The highest BCUT2D eigenvalue weighted by Crippen LogP contribution is 1.97. The van der Waals surface area contributed by atoms with Crippen molar-refractivity contribution in [2.75, 3.05) is 0 Å². The Balaban J connectivity index is 2.85. The van der Waals surface area contributed by atoms with Gasteiger partial charge in [-0.2, -0.15) is 0 Å². The molecule has 15 heavy (non-hydrogen) atoms. The van der Waals surface area contributed by atoms with E-state index in [4.69, 9.17) is 10.2 Å². The second-order valence-electron chi connectivity index (χ2n) is 2.59. The van der Waals surface area contributed by atoms with Crippen molar-refractivity contribution >= 4 is 11.9 Å². The van der Waals surface area contributed by atoms with Gasteiger partial charge in [-0.15, -0.1) is 0 Å². The van der Waals surface area contributed by atoms with Crippen LogP contribution in [0.15, 0.2) is 18.2 Å². The van der Waals surface area contributed by atoms with Gasteiger partial charge in [-0.25, -0.2) is 9.78 Å². The minimum absolute atomic E-state index is 0.114. The van der Waals surface area contributed by atoms with E-state index in [1.807, 2.05) is 0 Å². The molecule has 1 heterocycles. The summed E-state index contributed by atoms with van der Waals surface area (Å²) in [6, 6.07) is 4.35. The smallest absolute Gasteiger partial charge is 0.354 e. The third kappa shape index (κ3) is 3.48. The van der Waals surface area contributed by atoms with Gasteiger partial charge in [-0.3, -0.25) is 4.79 Å². The summed E-state index contributed by atoms with van der Waals surface area (Å²) in [6.45, 7) is 0. The summed E-state index contributed by atoms with van der Waals surface area (Å²) in [5.41, 5.74) is 0.133. The largest absolute Gasteiger partial charge is 0.481 e. The monoisotopic (exact) mass is 205 g/mol. The number of pyridine rings is 1. The first-order valence-corrected chi connectivity index (χ1v) is 4.00. The summed E-state index contributed by atoms with van der Waals surface area (Å²) < 4.78 is 0. The molecule has 0 amide bonds. The number of aromatic carboxylic acids is 1. The molecule has 0 unspecified atom stereocenters. The standard InChI is InChI=1S/C10H7NO4/c12-9(13)6-2-4-7-3-1-5-8(11-7)10(14)15/h1,3,5H,6H2,(H,12,13)(H,14,15). The average Bonchev–Trinajstić information content (AvgIpc) is 2.17. The third-order valence-corrected chi connectivity index (χ3v) is 1.42. The molecule has 0 radical (unpaired) electrons. The van der Waals surface area contributed by atoms with Gasteiger partial charge in [0.15, 0.2) is 0 Å². The Morgan fingerprint density at radius 3 is 2.67 bits per heavy atom. The zero-order valence-corrected chi connectivity index (χ0v) is 7.60. The molecule has 5 heteroatoms. The van der Waals surface area contributed by atoms with Crippen molar-refractivity contribution in [3.63, 3.8) is 0 Å². The maximum absolute atomic E-state index is 10.5. The molecule has 0 spiro atoms. The van der Waals surface area contributed by atoms with Gasteiger partial charge in [0.05, 0.1) is 0 Å². The number of nitrogens with zero attached hydrogens (tertiary/aromatic N) is 1. The van der Waals surface area contributed by atoms with E-state index in [0.29, 0.717) is 0 Å². The van der Waals surface area contributed by atoms with Crippen molar-refractivity contribution in [3.05, 3.63) is 29.6 Å². The zero-order valence-electron chi connectivity index (χ0n) is 7.60. The molecule has 0 aliphatic carbocycles. The molecule has 1 rings (SSSR count). The number of aliphatic carboxylic acids is 1. The van der Waals surface area contributed by atoms with Crippen molar-refractivity contribution in [3.8, 4) is 11.8 Å². The minimum atomic E-state index is -1.14. The Labute approximate surface area is 85.4 Å². The van der Waals surface area contributed by atoms with Crippen LogP contribution in [0.25, 0.3) is 0 Å². The van der Waals surface area contributed by atoms with E-state index in [0.717, 1.165) is 0 Å². The van der Waals surface area contributed by atoms with Crippen molar-refractivity contribution in [1.29, 1.82) is 0 Å². The van der Waals surface area contributed by atoms with E-state index >= 15 is 0 Å². The van der Waals surface area contributed by atoms with E-state index in [-0.39, 0.29) is 17.8 Å². The number of hydrogen-bond acceptors (Lipinski definition) is 3. The fraction of sp³-hybridized carbons (Fsp3) is 0.100. The molecule has 0 saturated carbocycles.